The molecule has 0 unspecified atom stereocenters. The van der Waals surface area contributed by atoms with E-state index in [1.165, 1.54) is 12.1 Å². The van der Waals surface area contributed by atoms with Gasteiger partial charge in [-0.3, -0.25) is 14.7 Å². The van der Waals surface area contributed by atoms with Crippen LogP contribution in [0.4, 0.5) is 11.4 Å². The summed E-state index contributed by atoms with van der Waals surface area (Å²) >= 11 is 0. The van der Waals surface area contributed by atoms with Crippen LogP contribution in [0.5, 0.6) is 0 Å². The highest BCUT2D eigenvalue weighted by atomic mass is 31.2. The quantitative estimate of drug-likeness (QED) is 0.282. The normalized spacial score (nSPS) is 11.6. The summed E-state index contributed by atoms with van der Waals surface area (Å²) in [5.74, 6) is 0. The van der Waals surface area contributed by atoms with E-state index < -0.39 is 12.5 Å². The van der Waals surface area contributed by atoms with Crippen LogP contribution >= 0.6 is 7.59 Å². The average molecular weight is 424 g/mol. The third-order valence-corrected chi connectivity index (χ3v) is 7.47. The van der Waals surface area contributed by atoms with Crippen LogP contribution in [-0.2, 0) is 17.7 Å². The van der Waals surface area contributed by atoms with Gasteiger partial charge in [-0.2, -0.15) is 0 Å². The van der Waals surface area contributed by atoms with E-state index in [0.717, 1.165) is 11.1 Å². The summed E-state index contributed by atoms with van der Waals surface area (Å²) in [6, 6.07) is 25.6. The summed E-state index contributed by atoms with van der Waals surface area (Å²) in [5.41, 5.74) is 2.63. The maximum Gasteiger partial charge on any atom is 0.308 e. The van der Waals surface area contributed by atoms with Crippen molar-refractivity contribution < 1.29 is 9.49 Å². The van der Waals surface area contributed by atoms with Crippen LogP contribution in [0.15, 0.2) is 84.9 Å². The molecule has 0 saturated heterocycles. The van der Waals surface area contributed by atoms with Crippen LogP contribution in [0.25, 0.3) is 0 Å². The predicted octanol–water partition coefficient (Wildman–Crippen LogP) is 5.38. The van der Waals surface area contributed by atoms with Crippen LogP contribution < -0.4 is 5.09 Å². The molecule has 0 amide bonds. The molecule has 8 heteroatoms. The van der Waals surface area contributed by atoms with Crippen molar-refractivity contribution >= 4 is 19.0 Å². The second-order valence-corrected chi connectivity index (χ2v) is 9.74. The summed E-state index contributed by atoms with van der Waals surface area (Å²) in [6.45, 7) is 0.967. The fraction of sp³-hybridized carbons (Fsp3) is 0.182. The minimum Gasteiger partial charge on any atom is -0.313 e. The molecule has 0 heterocycles. The van der Waals surface area contributed by atoms with Crippen molar-refractivity contribution in [2.24, 2.45) is 0 Å². The largest absolute Gasteiger partial charge is 0.313 e. The highest BCUT2D eigenvalue weighted by Gasteiger charge is 2.33. The molecule has 7 nitrogen and oxygen atoms in total. The molecule has 0 aliphatic heterocycles. The van der Waals surface area contributed by atoms with Gasteiger partial charge in [0.1, 0.15) is 0 Å². The minimum absolute atomic E-state index is 0.00865. The average Bonchev–Trinajstić information content (AvgIpc) is 2.75. The summed E-state index contributed by atoms with van der Waals surface area (Å²) in [7, 11) is 0.380. The molecule has 30 heavy (non-hydrogen) atoms. The molecular formula is C22H25N4O3P. The molecule has 3 aromatic rings. The Hall–Kier alpha value is -2.99. The van der Waals surface area contributed by atoms with Crippen molar-refractivity contribution in [1.82, 2.24) is 9.34 Å². The van der Waals surface area contributed by atoms with E-state index in [1.54, 1.807) is 21.5 Å². The Bertz CT molecular complexity index is 962. The van der Waals surface area contributed by atoms with Crippen LogP contribution in [0, 0.1) is 10.1 Å². The molecule has 0 radical (unpaired) electrons. The Kier molecular flexibility index (Phi) is 7.00. The number of hydrogen-bond donors (Lipinski definition) is 1. The Morgan fingerprint density at radius 3 is 1.63 bits per heavy atom. The smallest absolute Gasteiger partial charge is 0.308 e. The highest BCUT2D eigenvalue weighted by Crippen LogP contribution is 2.52. The lowest BCUT2D eigenvalue weighted by molar-refractivity contribution is -0.384. The number of nitro groups is 1. The monoisotopic (exact) mass is 424 g/mol. The fourth-order valence-electron chi connectivity index (χ4n) is 3.14. The molecule has 0 aliphatic rings. The van der Waals surface area contributed by atoms with Gasteiger partial charge in [-0.15, -0.1) is 0 Å². The van der Waals surface area contributed by atoms with E-state index in [4.69, 9.17) is 0 Å². The number of nitrogens with zero attached hydrogens (tertiary/aromatic N) is 3. The second kappa shape index (κ2) is 9.67. The molecule has 156 valence electrons. The molecule has 3 rings (SSSR count). The maximum absolute atomic E-state index is 14.2. The van der Waals surface area contributed by atoms with E-state index >= 15 is 0 Å². The fourth-order valence-corrected chi connectivity index (χ4v) is 5.20. The summed E-state index contributed by atoms with van der Waals surface area (Å²) in [5, 5.41) is 14.1. The van der Waals surface area contributed by atoms with Crippen molar-refractivity contribution in [3.05, 3.63) is 106 Å². The zero-order valence-electron chi connectivity index (χ0n) is 17.0. The van der Waals surface area contributed by atoms with Gasteiger partial charge in [0.05, 0.1) is 4.92 Å². The van der Waals surface area contributed by atoms with Crippen molar-refractivity contribution in [1.29, 1.82) is 0 Å². The molecule has 0 bridgehead atoms. The predicted molar refractivity (Wildman–Crippen MR) is 120 cm³/mol. The van der Waals surface area contributed by atoms with Gasteiger partial charge in [0, 0.05) is 30.9 Å². The summed E-state index contributed by atoms with van der Waals surface area (Å²) in [4.78, 5) is 10.5. The van der Waals surface area contributed by atoms with Crippen molar-refractivity contribution in [3.8, 4) is 0 Å². The summed E-state index contributed by atoms with van der Waals surface area (Å²) in [6.07, 6.45) is 0. The first-order valence-electron chi connectivity index (χ1n) is 9.52. The van der Waals surface area contributed by atoms with Crippen LogP contribution in [0.3, 0.4) is 0 Å². The molecule has 0 aliphatic carbocycles. The highest BCUT2D eigenvalue weighted by molar-refractivity contribution is 7.60. The van der Waals surface area contributed by atoms with Gasteiger partial charge in [-0.05, 0) is 37.4 Å². The number of nitro benzene ring substituents is 1. The molecule has 0 fully saturated rings. The van der Waals surface area contributed by atoms with Gasteiger partial charge in [-0.1, -0.05) is 60.7 Å². The van der Waals surface area contributed by atoms with Crippen molar-refractivity contribution in [2.45, 2.75) is 13.1 Å². The number of non-ortho nitro benzene ring substituents is 1. The van der Waals surface area contributed by atoms with Gasteiger partial charge in [-0.25, -0.2) is 9.34 Å². The first-order valence-corrected chi connectivity index (χ1v) is 11.1. The third kappa shape index (κ3) is 5.33. The number of rotatable bonds is 9. The van der Waals surface area contributed by atoms with Crippen molar-refractivity contribution in [3.63, 3.8) is 0 Å². The van der Waals surface area contributed by atoms with Crippen LogP contribution in [0.2, 0.25) is 0 Å². The second-order valence-electron chi connectivity index (χ2n) is 7.06. The minimum atomic E-state index is -3.25. The number of hydrogen-bond acceptors (Lipinski definition) is 3. The lowest BCUT2D eigenvalue weighted by Gasteiger charge is -2.36. The number of nitrogens with one attached hydrogen (secondary N) is 1. The zero-order chi connectivity index (χ0) is 21.6. The van der Waals surface area contributed by atoms with E-state index in [-0.39, 0.29) is 5.69 Å². The first-order chi connectivity index (χ1) is 14.4. The lowest BCUT2D eigenvalue weighted by Crippen LogP contribution is -2.30. The Morgan fingerprint density at radius 1 is 0.800 bits per heavy atom. The molecule has 0 aromatic heterocycles. The Balaban J connectivity index is 1.88. The van der Waals surface area contributed by atoms with Crippen LogP contribution in [0.1, 0.15) is 11.1 Å². The first kappa shape index (κ1) is 21.7. The third-order valence-electron chi connectivity index (χ3n) is 4.79. The van der Waals surface area contributed by atoms with Gasteiger partial charge < -0.3 is 5.09 Å². The van der Waals surface area contributed by atoms with Gasteiger partial charge >= 0.3 is 7.59 Å². The molecule has 0 spiro atoms. The zero-order valence-corrected chi connectivity index (χ0v) is 17.9. The standard InChI is InChI=1S/C22H25N4O3P/c1-24(17-19-9-5-3-6-10-19)30(29,25(2)18-20-11-7-4-8-12-20)23-21-13-15-22(16-14-21)26(27)28/h3-16H,17-18H2,1-2H3,(H,23,29). The maximum atomic E-state index is 14.2. The topological polar surface area (TPSA) is 78.7 Å². The molecule has 1 N–H and O–H groups in total. The van der Waals surface area contributed by atoms with Crippen LogP contribution in [-0.4, -0.2) is 28.4 Å². The number of anilines is 1. The number of benzene rings is 3. The molecule has 0 saturated carbocycles. The van der Waals surface area contributed by atoms with Gasteiger partial charge in [0.15, 0.2) is 0 Å². The van der Waals surface area contributed by atoms with E-state index in [1.807, 2.05) is 74.8 Å². The van der Waals surface area contributed by atoms with E-state index in [9.17, 15) is 14.7 Å². The van der Waals surface area contributed by atoms with E-state index in [0.29, 0.717) is 18.8 Å². The van der Waals surface area contributed by atoms with Crippen molar-refractivity contribution in [2.75, 3.05) is 19.2 Å². The molecule has 0 atom stereocenters. The summed E-state index contributed by atoms with van der Waals surface area (Å²) < 4.78 is 17.8. The SMILES string of the molecule is CN(Cc1ccccc1)P(=O)(Nc1ccc([N+](=O)[O-])cc1)N(C)Cc1ccccc1. The molecule has 3 aromatic carbocycles. The molecular weight excluding hydrogens is 399 g/mol. The van der Waals surface area contributed by atoms with E-state index in [2.05, 4.69) is 5.09 Å². The Labute approximate surface area is 176 Å². The van der Waals surface area contributed by atoms with Gasteiger partial charge in [0.25, 0.3) is 5.69 Å². The lowest BCUT2D eigenvalue weighted by atomic mass is 10.2. The Morgan fingerprint density at radius 2 is 1.23 bits per heavy atom. The van der Waals surface area contributed by atoms with Gasteiger partial charge in [0.2, 0.25) is 0 Å².